The molecule has 0 saturated heterocycles. The highest BCUT2D eigenvalue weighted by Gasteiger charge is 1.97. The molecule has 0 amide bonds. The Balaban J connectivity index is 1.81. The Kier molecular flexibility index (Phi) is 9.23. The van der Waals surface area contributed by atoms with Crippen LogP contribution < -0.4 is 5.73 Å². The second kappa shape index (κ2) is 11.8. The van der Waals surface area contributed by atoms with Crippen LogP contribution in [-0.2, 0) is 5.75 Å². The predicted octanol–water partition coefficient (Wildman–Crippen LogP) is 5.55. The second-order valence-electron chi connectivity index (χ2n) is 5.59. The molecule has 2 N–H and O–H groups in total. The van der Waals surface area contributed by atoms with Gasteiger partial charge in [0.05, 0.1) is 6.21 Å². The van der Waals surface area contributed by atoms with E-state index in [1.54, 1.807) is 6.21 Å². The van der Waals surface area contributed by atoms with Crippen LogP contribution in [0.15, 0.2) is 69.7 Å². The van der Waals surface area contributed by atoms with Gasteiger partial charge in [-0.1, -0.05) is 74.0 Å². The number of hydrogen-bond acceptors (Lipinski definition) is 4. The number of rotatable bonds is 9. The molecular formula is C20H25N3S2. The van der Waals surface area contributed by atoms with Crippen LogP contribution in [0.25, 0.3) is 0 Å². The lowest BCUT2D eigenvalue weighted by Crippen LogP contribution is -2.05. The van der Waals surface area contributed by atoms with Gasteiger partial charge in [0.2, 0.25) is 0 Å². The predicted molar refractivity (Wildman–Crippen MR) is 114 cm³/mol. The molecule has 132 valence electrons. The fourth-order valence-electron chi connectivity index (χ4n) is 2.14. The van der Waals surface area contributed by atoms with E-state index in [1.807, 2.05) is 36.0 Å². The minimum absolute atomic E-state index is 0.477. The molecule has 0 unspecified atom stereocenters. The van der Waals surface area contributed by atoms with E-state index in [-0.39, 0.29) is 0 Å². The zero-order chi connectivity index (χ0) is 17.7. The lowest BCUT2D eigenvalue weighted by molar-refractivity contribution is 0.778. The summed E-state index contributed by atoms with van der Waals surface area (Å²) in [5, 5.41) is 8.66. The SMILES string of the molecule is CCCCCSc1cccc(C=NN=C(N)SCc2ccccc2)c1. The Morgan fingerprint density at radius 2 is 1.92 bits per heavy atom. The van der Waals surface area contributed by atoms with Gasteiger partial charge >= 0.3 is 0 Å². The monoisotopic (exact) mass is 371 g/mol. The Hall–Kier alpha value is -1.72. The molecule has 0 fully saturated rings. The molecular weight excluding hydrogens is 346 g/mol. The largest absolute Gasteiger partial charge is 0.377 e. The zero-order valence-corrected chi connectivity index (χ0v) is 16.2. The van der Waals surface area contributed by atoms with Crippen molar-refractivity contribution in [2.45, 2.75) is 36.8 Å². The Labute approximate surface area is 159 Å². The molecule has 3 nitrogen and oxygen atoms in total. The van der Waals surface area contributed by atoms with E-state index in [2.05, 4.69) is 47.5 Å². The maximum atomic E-state index is 5.90. The molecule has 0 aliphatic rings. The van der Waals surface area contributed by atoms with Crippen LogP contribution in [0, 0.1) is 0 Å². The van der Waals surface area contributed by atoms with E-state index in [9.17, 15) is 0 Å². The van der Waals surface area contributed by atoms with Crippen LogP contribution in [0.1, 0.15) is 37.3 Å². The first-order valence-electron chi connectivity index (χ1n) is 8.54. The highest BCUT2D eigenvalue weighted by Crippen LogP contribution is 2.20. The third kappa shape index (κ3) is 8.27. The van der Waals surface area contributed by atoms with Crippen molar-refractivity contribution >= 4 is 34.9 Å². The molecule has 0 heterocycles. The number of nitrogens with zero attached hydrogens (tertiary/aromatic N) is 2. The molecule has 2 aromatic rings. The molecule has 2 rings (SSSR count). The Morgan fingerprint density at radius 3 is 2.72 bits per heavy atom. The van der Waals surface area contributed by atoms with Crippen LogP contribution in [0.3, 0.4) is 0 Å². The normalized spacial score (nSPS) is 12.0. The van der Waals surface area contributed by atoms with Crippen molar-refractivity contribution in [3.63, 3.8) is 0 Å². The third-order valence-electron chi connectivity index (χ3n) is 3.47. The number of benzene rings is 2. The van der Waals surface area contributed by atoms with Gasteiger partial charge in [0.15, 0.2) is 5.17 Å². The van der Waals surface area contributed by atoms with E-state index >= 15 is 0 Å². The molecule has 0 bridgehead atoms. The van der Waals surface area contributed by atoms with Gasteiger partial charge in [-0.05, 0) is 35.4 Å². The van der Waals surface area contributed by atoms with Crippen LogP contribution in [0.4, 0.5) is 0 Å². The van der Waals surface area contributed by atoms with Gasteiger partial charge in [-0.25, -0.2) is 0 Å². The molecule has 0 saturated carbocycles. The number of hydrogen-bond donors (Lipinski definition) is 1. The summed E-state index contributed by atoms with van der Waals surface area (Å²) in [6, 6.07) is 18.6. The van der Waals surface area contributed by atoms with Crippen LogP contribution >= 0.6 is 23.5 Å². The summed E-state index contributed by atoms with van der Waals surface area (Å²) in [6.07, 6.45) is 5.57. The minimum Gasteiger partial charge on any atom is -0.377 e. The fourth-order valence-corrected chi connectivity index (χ4v) is 3.73. The minimum atomic E-state index is 0.477. The first-order chi connectivity index (χ1) is 12.3. The lowest BCUT2D eigenvalue weighted by Gasteiger charge is -2.02. The van der Waals surface area contributed by atoms with Crippen molar-refractivity contribution in [3.8, 4) is 0 Å². The first-order valence-corrected chi connectivity index (χ1v) is 10.5. The quantitative estimate of drug-likeness (QED) is 0.207. The summed E-state index contributed by atoms with van der Waals surface area (Å²) >= 11 is 3.39. The van der Waals surface area contributed by atoms with Gasteiger partial charge in [0.1, 0.15) is 0 Å². The summed E-state index contributed by atoms with van der Waals surface area (Å²) in [5.74, 6) is 1.96. The number of nitrogens with two attached hydrogens (primary N) is 1. The van der Waals surface area contributed by atoms with Gasteiger partial charge < -0.3 is 5.73 Å². The fraction of sp³-hybridized carbons (Fsp3) is 0.300. The van der Waals surface area contributed by atoms with Crippen LogP contribution in [0.2, 0.25) is 0 Å². The number of unbranched alkanes of at least 4 members (excludes halogenated alkanes) is 2. The first kappa shape index (κ1) is 19.6. The maximum Gasteiger partial charge on any atom is 0.180 e. The van der Waals surface area contributed by atoms with Crippen molar-refractivity contribution in [1.82, 2.24) is 0 Å². The van der Waals surface area contributed by atoms with Crippen molar-refractivity contribution < 1.29 is 0 Å². The van der Waals surface area contributed by atoms with E-state index in [0.717, 1.165) is 17.1 Å². The highest BCUT2D eigenvalue weighted by molar-refractivity contribution is 8.13. The van der Waals surface area contributed by atoms with E-state index < -0.39 is 0 Å². The average Bonchev–Trinajstić information content (AvgIpc) is 2.65. The van der Waals surface area contributed by atoms with Gasteiger partial charge in [-0.3, -0.25) is 0 Å². The molecule has 5 heteroatoms. The van der Waals surface area contributed by atoms with Crippen molar-refractivity contribution in [2.75, 3.05) is 5.75 Å². The third-order valence-corrected chi connectivity index (χ3v) is 5.40. The van der Waals surface area contributed by atoms with Crippen molar-refractivity contribution in [3.05, 3.63) is 65.7 Å². The molecule has 0 aliphatic carbocycles. The molecule has 2 aromatic carbocycles. The Bertz CT molecular complexity index is 684. The zero-order valence-electron chi connectivity index (χ0n) is 14.6. The molecule has 0 atom stereocenters. The van der Waals surface area contributed by atoms with E-state index in [1.165, 1.54) is 41.5 Å². The molecule has 0 radical (unpaired) electrons. The maximum absolute atomic E-state index is 5.90. The van der Waals surface area contributed by atoms with Gasteiger partial charge in [-0.2, -0.15) is 5.10 Å². The van der Waals surface area contributed by atoms with Crippen molar-refractivity contribution in [2.24, 2.45) is 15.9 Å². The summed E-state index contributed by atoms with van der Waals surface area (Å²) in [6.45, 7) is 2.23. The molecule has 0 aromatic heterocycles. The summed E-state index contributed by atoms with van der Waals surface area (Å²) in [7, 11) is 0. The van der Waals surface area contributed by atoms with Crippen LogP contribution in [-0.4, -0.2) is 17.1 Å². The van der Waals surface area contributed by atoms with Gasteiger partial charge in [0.25, 0.3) is 0 Å². The highest BCUT2D eigenvalue weighted by atomic mass is 32.2. The standard InChI is InChI=1S/C20H25N3S2/c1-2-3-7-13-24-19-12-8-11-18(14-19)15-22-23-20(21)25-16-17-9-5-4-6-10-17/h4-6,8-12,14-15H,2-3,7,13,16H2,1H3,(H2,21,23). The van der Waals surface area contributed by atoms with E-state index in [4.69, 9.17) is 5.73 Å². The smallest absolute Gasteiger partial charge is 0.180 e. The lowest BCUT2D eigenvalue weighted by atomic mass is 10.2. The van der Waals surface area contributed by atoms with E-state index in [0.29, 0.717) is 5.17 Å². The second-order valence-corrected chi connectivity index (χ2v) is 7.75. The molecule has 0 aliphatic heterocycles. The summed E-state index contributed by atoms with van der Waals surface area (Å²) in [4.78, 5) is 1.27. The number of amidine groups is 1. The van der Waals surface area contributed by atoms with Gasteiger partial charge in [0, 0.05) is 10.6 Å². The molecule has 25 heavy (non-hydrogen) atoms. The van der Waals surface area contributed by atoms with Gasteiger partial charge in [-0.15, -0.1) is 16.9 Å². The average molecular weight is 372 g/mol. The number of thioether (sulfide) groups is 2. The summed E-state index contributed by atoms with van der Waals surface area (Å²) in [5.41, 5.74) is 8.18. The Morgan fingerprint density at radius 1 is 1.08 bits per heavy atom. The molecule has 0 spiro atoms. The van der Waals surface area contributed by atoms with Crippen molar-refractivity contribution in [1.29, 1.82) is 0 Å². The summed E-state index contributed by atoms with van der Waals surface area (Å²) < 4.78 is 0. The topological polar surface area (TPSA) is 50.7 Å². The van der Waals surface area contributed by atoms with Crippen LogP contribution in [0.5, 0.6) is 0 Å².